The van der Waals surface area contributed by atoms with Crippen molar-refractivity contribution in [3.8, 4) is 0 Å². The molecule has 1 aromatic heterocycles. The number of hydrogen-bond acceptors (Lipinski definition) is 2. The lowest BCUT2D eigenvalue weighted by atomic mass is 10.1. The van der Waals surface area contributed by atoms with Crippen LogP contribution in [0.1, 0.15) is 13.8 Å². The molecule has 0 fully saturated rings. The lowest BCUT2D eigenvalue weighted by molar-refractivity contribution is 0.572. The third-order valence-electron chi connectivity index (χ3n) is 2.00. The van der Waals surface area contributed by atoms with Gasteiger partial charge < -0.3 is 5.32 Å². The van der Waals surface area contributed by atoms with E-state index in [0.717, 1.165) is 12.3 Å². The van der Waals surface area contributed by atoms with Gasteiger partial charge in [0.15, 0.2) is 11.6 Å². The van der Waals surface area contributed by atoms with Crippen LogP contribution < -0.4 is 5.32 Å². The summed E-state index contributed by atoms with van der Waals surface area (Å²) in [6, 6.07) is 0.786. The summed E-state index contributed by atoms with van der Waals surface area (Å²) >= 11 is 5.96. The summed E-state index contributed by atoms with van der Waals surface area (Å²) in [5.41, 5.74) is 0. The first kappa shape index (κ1) is 12.2. The molecule has 2 nitrogen and oxygen atoms in total. The van der Waals surface area contributed by atoms with E-state index in [4.69, 9.17) is 11.6 Å². The molecule has 1 aromatic rings. The van der Waals surface area contributed by atoms with Crippen molar-refractivity contribution in [2.45, 2.75) is 19.2 Å². The van der Waals surface area contributed by atoms with Crippen LogP contribution in [0.25, 0.3) is 0 Å². The van der Waals surface area contributed by atoms with Crippen molar-refractivity contribution in [3.63, 3.8) is 0 Å². The number of halogens is 3. The number of alkyl halides is 1. The second-order valence-corrected chi connectivity index (χ2v) is 4.19. The first-order valence-corrected chi connectivity index (χ1v) is 5.13. The van der Waals surface area contributed by atoms with E-state index in [1.54, 1.807) is 0 Å². The van der Waals surface area contributed by atoms with E-state index in [1.807, 2.05) is 13.8 Å². The minimum atomic E-state index is -0.706. The Bertz CT molecular complexity index is 331. The fraction of sp³-hybridized carbons (Fsp3) is 0.500. The van der Waals surface area contributed by atoms with E-state index in [2.05, 4.69) is 10.3 Å². The van der Waals surface area contributed by atoms with Crippen LogP contribution in [0.15, 0.2) is 12.3 Å². The summed E-state index contributed by atoms with van der Waals surface area (Å²) in [6.45, 7) is 4.33. The number of nitrogens with zero attached hydrogens (tertiary/aromatic N) is 1. The van der Waals surface area contributed by atoms with Crippen molar-refractivity contribution >= 4 is 17.4 Å². The molecule has 1 N–H and O–H groups in total. The predicted octanol–water partition coefficient (Wildman–Crippen LogP) is 3.04. The molecule has 1 atom stereocenters. The fourth-order valence-electron chi connectivity index (χ4n) is 0.975. The van der Waals surface area contributed by atoms with Gasteiger partial charge in [0.05, 0.1) is 11.6 Å². The van der Waals surface area contributed by atoms with E-state index in [-0.39, 0.29) is 17.1 Å². The van der Waals surface area contributed by atoms with Gasteiger partial charge in [-0.1, -0.05) is 13.8 Å². The molecule has 0 bridgehead atoms. The van der Waals surface area contributed by atoms with Crippen molar-refractivity contribution in [2.24, 2.45) is 5.92 Å². The van der Waals surface area contributed by atoms with Crippen LogP contribution >= 0.6 is 11.6 Å². The van der Waals surface area contributed by atoms with E-state index >= 15 is 0 Å². The average Bonchev–Trinajstić information content (AvgIpc) is 2.15. The maximum absolute atomic E-state index is 13.1. The highest BCUT2D eigenvalue weighted by molar-refractivity contribution is 6.21. The quantitative estimate of drug-likeness (QED) is 0.810. The molecule has 0 aliphatic heterocycles. The molecule has 0 aliphatic carbocycles. The molecular formula is C10H13ClF2N2. The van der Waals surface area contributed by atoms with Gasteiger partial charge in [0.1, 0.15) is 5.82 Å². The Morgan fingerprint density at radius 2 is 2.13 bits per heavy atom. The van der Waals surface area contributed by atoms with E-state index in [0.29, 0.717) is 6.54 Å². The Kier molecular flexibility index (Phi) is 4.27. The monoisotopic (exact) mass is 234 g/mol. The Labute approximate surface area is 92.7 Å². The molecule has 1 rings (SSSR count). The zero-order valence-corrected chi connectivity index (χ0v) is 9.35. The van der Waals surface area contributed by atoms with E-state index in [1.165, 1.54) is 0 Å². The number of rotatable bonds is 4. The maximum Gasteiger partial charge on any atom is 0.168 e. The van der Waals surface area contributed by atoms with E-state index < -0.39 is 11.6 Å². The standard InChI is InChI=1S/C10H13ClF2N2/c1-6(2)8(11)5-15-10-9(13)3-7(12)4-14-10/h3-4,6,8H,5H2,1-2H3,(H,14,15). The zero-order chi connectivity index (χ0) is 11.4. The highest BCUT2D eigenvalue weighted by atomic mass is 35.5. The van der Waals surface area contributed by atoms with Crippen molar-refractivity contribution < 1.29 is 8.78 Å². The first-order chi connectivity index (χ1) is 7.00. The molecule has 0 saturated carbocycles. The summed E-state index contributed by atoms with van der Waals surface area (Å²) in [4.78, 5) is 3.59. The average molecular weight is 235 g/mol. The van der Waals surface area contributed by atoms with Gasteiger partial charge in [0.25, 0.3) is 0 Å². The fourth-order valence-corrected chi connectivity index (χ4v) is 1.05. The van der Waals surface area contributed by atoms with Crippen molar-refractivity contribution in [2.75, 3.05) is 11.9 Å². The van der Waals surface area contributed by atoms with Gasteiger partial charge >= 0.3 is 0 Å². The lowest BCUT2D eigenvalue weighted by Gasteiger charge is -2.14. The van der Waals surface area contributed by atoms with Gasteiger partial charge in [0, 0.05) is 12.6 Å². The van der Waals surface area contributed by atoms with Crippen LogP contribution in [0.3, 0.4) is 0 Å². The lowest BCUT2D eigenvalue weighted by Crippen LogP contribution is -2.20. The number of aromatic nitrogens is 1. The molecule has 1 heterocycles. The summed E-state index contributed by atoms with van der Waals surface area (Å²) in [7, 11) is 0. The number of pyridine rings is 1. The molecule has 0 aromatic carbocycles. The summed E-state index contributed by atoms with van der Waals surface area (Å²) in [5.74, 6) is -1.09. The highest BCUT2D eigenvalue weighted by Crippen LogP contribution is 2.14. The van der Waals surface area contributed by atoms with Gasteiger partial charge in [0.2, 0.25) is 0 Å². The largest absolute Gasteiger partial charge is 0.366 e. The Morgan fingerprint density at radius 3 is 2.67 bits per heavy atom. The summed E-state index contributed by atoms with van der Waals surface area (Å²) in [6.07, 6.45) is 0.962. The SMILES string of the molecule is CC(C)C(Cl)CNc1ncc(F)cc1F. The molecule has 1 unspecified atom stereocenters. The number of hydrogen-bond donors (Lipinski definition) is 1. The molecule has 84 valence electrons. The molecule has 0 aliphatic rings. The summed E-state index contributed by atoms with van der Waals surface area (Å²) < 4.78 is 25.6. The minimum Gasteiger partial charge on any atom is -0.366 e. The van der Waals surface area contributed by atoms with Crippen LogP contribution in [0, 0.1) is 17.6 Å². The number of nitrogens with one attached hydrogen (secondary N) is 1. The Morgan fingerprint density at radius 1 is 1.47 bits per heavy atom. The minimum absolute atomic E-state index is 0.0303. The van der Waals surface area contributed by atoms with Crippen molar-refractivity contribution in [3.05, 3.63) is 23.9 Å². The van der Waals surface area contributed by atoms with Gasteiger partial charge in [-0.3, -0.25) is 0 Å². The molecule has 0 saturated heterocycles. The predicted molar refractivity (Wildman–Crippen MR) is 57.1 cm³/mol. The zero-order valence-electron chi connectivity index (χ0n) is 8.60. The highest BCUT2D eigenvalue weighted by Gasteiger charge is 2.11. The van der Waals surface area contributed by atoms with Crippen LogP contribution in [0.2, 0.25) is 0 Å². The molecule has 0 amide bonds. The molecule has 0 spiro atoms. The molecular weight excluding hydrogens is 222 g/mol. The van der Waals surface area contributed by atoms with E-state index in [9.17, 15) is 8.78 Å². The van der Waals surface area contributed by atoms with Gasteiger partial charge in [-0.15, -0.1) is 11.6 Å². The normalized spacial score (nSPS) is 12.9. The van der Waals surface area contributed by atoms with Crippen molar-refractivity contribution in [1.82, 2.24) is 4.98 Å². The Hall–Kier alpha value is -0.900. The first-order valence-electron chi connectivity index (χ1n) is 4.69. The van der Waals surface area contributed by atoms with Crippen LogP contribution in [0.5, 0.6) is 0 Å². The third-order valence-corrected chi connectivity index (χ3v) is 2.65. The van der Waals surface area contributed by atoms with Crippen LogP contribution in [-0.4, -0.2) is 16.9 Å². The maximum atomic E-state index is 13.1. The smallest absolute Gasteiger partial charge is 0.168 e. The Balaban J connectivity index is 2.58. The molecule has 5 heteroatoms. The second-order valence-electron chi connectivity index (χ2n) is 3.62. The van der Waals surface area contributed by atoms with Crippen LogP contribution in [-0.2, 0) is 0 Å². The third kappa shape index (κ3) is 3.63. The second kappa shape index (κ2) is 5.26. The van der Waals surface area contributed by atoms with Gasteiger partial charge in [-0.2, -0.15) is 0 Å². The number of anilines is 1. The molecule has 15 heavy (non-hydrogen) atoms. The van der Waals surface area contributed by atoms with Crippen molar-refractivity contribution in [1.29, 1.82) is 0 Å². The summed E-state index contributed by atoms with van der Waals surface area (Å²) in [5, 5.41) is 2.62. The van der Waals surface area contributed by atoms with Gasteiger partial charge in [-0.25, -0.2) is 13.8 Å². The van der Waals surface area contributed by atoms with Gasteiger partial charge in [-0.05, 0) is 5.92 Å². The van der Waals surface area contributed by atoms with Crippen LogP contribution in [0.4, 0.5) is 14.6 Å². The topological polar surface area (TPSA) is 24.9 Å². The molecule has 0 radical (unpaired) electrons.